The lowest BCUT2D eigenvalue weighted by molar-refractivity contribution is -0.121. The zero-order chi connectivity index (χ0) is 15.1. The van der Waals surface area contributed by atoms with Gasteiger partial charge in [-0.25, -0.2) is 17.2 Å². The fourth-order valence-corrected chi connectivity index (χ4v) is 3.99. The van der Waals surface area contributed by atoms with E-state index in [1.165, 1.54) is 0 Å². The molecule has 6 nitrogen and oxygen atoms in total. The van der Waals surface area contributed by atoms with E-state index < -0.39 is 38.5 Å². The summed E-state index contributed by atoms with van der Waals surface area (Å²) in [6.45, 7) is 0.0196. The molecule has 1 aromatic rings. The number of hydrogen-bond acceptors (Lipinski definition) is 4. The van der Waals surface area contributed by atoms with Gasteiger partial charge in [-0.15, -0.1) is 0 Å². The quantitative estimate of drug-likeness (QED) is 0.777. The summed E-state index contributed by atoms with van der Waals surface area (Å²) in [5.41, 5.74) is 10.2. The SMILES string of the molecule is NC(=O)C1CCCN1S(=O)(=O)c1cc(N)cc(F)c1F. The van der Waals surface area contributed by atoms with Crippen molar-refractivity contribution in [3.05, 3.63) is 23.8 Å². The van der Waals surface area contributed by atoms with Gasteiger partial charge in [-0.05, 0) is 25.0 Å². The van der Waals surface area contributed by atoms with Gasteiger partial charge < -0.3 is 11.5 Å². The normalized spacial score (nSPS) is 20.2. The number of sulfonamides is 1. The van der Waals surface area contributed by atoms with Crippen molar-refractivity contribution in [2.45, 2.75) is 23.8 Å². The van der Waals surface area contributed by atoms with Crippen molar-refractivity contribution in [3.8, 4) is 0 Å². The van der Waals surface area contributed by atoms with Crippen LogP contribution in [-0.2, 0) is 14.8 Å². The Morgan fingerprint density at radius 2 is 2.00 bits per heavy atom. The summed E-state index contributed by atoms with van der Waals surface area (Å²) in [5, 5.41) is 0. The number of anilines is 1. The molecule has 0 bridgehead atoms. The van der Waals surface area contributed by atoms with Crippen LogP contribution >= 0.6 is 0 Å². The molecule has 1 saturated heterocycles. The monoisotopic (exact) mass is 305 g/mol. The number of primary amides is 1. The standard InChI is InChI=1S/C11H13F2N3O3S/c12-7-4-6(14)5-9(10(7)13)20(18,19)16-3-1-2-8(16)11(15)17/h4-5,8H,1-3,14H2,(H2,15,17). The van der Waals surface area contributed by atoms with E-state index in [0.29, 0.717) is 12.5 Å². The average molecular weight is 305 g/mol. The Bertz CT molecular complexity index is 663. The summed E-state index contributed by atoms with van der Waals surface area (Å²) in [4.78, 5) is 10.3. The second kappa shape index (κ2) is 4.98. The second-order valence-electron chi connectivity index (χ2n) is 4.49. The number of carbonyl (C=O) groups excluding carboxylic acids is 1. The highest BCUT2D eigenvalue weighted by molar-refractivity contribution is 7.89. The van der Waals surface area contributed by atoms with Crippen molar-refractivity contribution in [2.24, 2.45) is 5.73 Å². The van der Waals surface area contributed by atoms with E-state index in [0.717, 1.165) is 10.4 Å². The van der Waals surface area contributed by atoms with Crippen molar-refractivity contribution < 1.29 is 22.0 Å². The lowest BCUT2D eigenvalue weighted by Crippen LogP contribution is -2.43. The van der Waals surface area contributed by atoms with Gasteiger partial charge in [-0.3, -0.25) is 4.79 Å². The van der Waals surface area contributed by atoms with E-state index in [1.807, 2.05) is 0 Å². The highest BCUT2D eigenvalue weighted by Crippen LogP contribution is 2.29. The molecule has 1 aromatic carbocycles. The van der Waals surface area contributed by atoms with E-state index in [9.17, 15) is 22.0 Å². The molecular weight excluding hydrogens is 292 g/mol. The number of hydrogen-bond donors (Lipinski definition) is 2. The fourth-order valence-electron chi connectivity index (χ4n) is 2.21. The van der Waals surface area contributed by atoms with Crippen molar-refractivity contribution in [3.63, 3.8) is 0 Å². The largest absolute Gasteiger partial charge is 0.399 e. The van der Waals surface area contributed by atoms with Crippen molar-refractivity contribution in [1.82, 2.24) is 4.31 Å². The second-order valence-corrected chi connectivity index (χ2v) is 6.35. The van der Waals surface area contributed by atoms with Gasteiger partial charge in [-0.2, -0.15) is 4.31 Å². The molecule has 0 aliphatic carbocycles. The molecule has 1 heterocycles. The summed E-state index contributed by atoms with van der Waals surface area (Å²) < 4.78 is 52.4. The molecule has 110 valence electrons. The lowest BCUT2D eigenvalue weighted by atomic mass is 10.2. The van der Waals surface area contributed by atoms with Crippen LogP contribution in [0.5, 0.6) is 0 Å². The zero-order valence-corrected chi connectivity index (χ0v) is 11.2. The molecule has 9 heteroatoms. The first-order chi connectivity index (χ1) is 9.25. The zero-order valence-electron chi connectivity index (χ0n) is 10.3. The number of nitrogens with two attached hydrogens (primary N) is 2. The third-order valence-electron chi connectivity index (χ3n) is 3.14. The lowest BCUT2D eigenvalue weighted by Gasteiger charge is -2.22. The molecule has 20 heavy (non-hydrogen) atoms. The van der Waals surface area contributed by atoms with E-state index >= 15 is 0 Å². The number of nitrogen functional groups attached to an aromatic ring is 1. The molecule has 0 saturated carbocycles. The Morgan fingerprint density at radius 1 is 1.35 bits per heavy atom. The summed E-state index contributed by atoms with van der Waals surface area (Å²) in [5.74, 6) is -3.71. The molecule has 2 rings (SSSR count). The van der Waals surface area contributed by atoms with Gasteiger partial charge in [0.1, 0.15) is 10.9 Å². The third-order valence-corrected chi connectivity index (χ3v) is 5.04. The van der Waals surface area contributed by atoms with Crippen LogP contribution in [0, 0.1) is 11.6 Å². The molecule has 1 amide bonds. The van der Waals surface area contributed by atoms with Crippen molar-refractivity contribution >= 4 is 21.6 Å². The van der Waals surface area contributed by atoms with Gasteiger partial charge in [0.05, 0.1) is 0 Å². The first-order valence-electron chi connectivity index (χ1n) is 5.81. The van der Waals surface area contributed by atoms with E-state index in [2.05, 4.69) is 0 Å². The summed E-state index contributed by atoms with van der Waals surface area (Å²) in [6.07, 6.45) is 0.667. The number of halogens is 2. The van der Waals surface area contributed by atoms with E-state index in [-0.39, 0.29) is 18.7 Å². The van der Waals surface area contributed by atoms with Gasteiger partial charge in [0.25, 0.3) is 0 Å². The minimum atomic E-state index is -4.37. The first-order valence-corrected chi connectivity index (χ1v) is 7.25. The number of carbonyl (C=O) groups is 1. The Labute approximate surface area is 114 Å². The fraction of sp³-hybridized carbons (Fsp3) is 0.364. The minimum Gasteiger partial charge on any atom is -0.399 e. The molecule has 0 radical (unpaired) electrons. The van der Waals surface area contributed by atoms with Crippen LogP contribution in [0.25, 0.3) is 0 Å². The predicted octanol–water partition coefficient (Wildman–Crippen LogP) is 0.185. The third kappa shape index (κ3) is 2.34. The molecule has 1 aliphatic rings. The topological polar surface area (TPSA) is 106 Å². The van der Waals surface area contributed by atoms with Gasteiger partial charge >= 0.3 is 0 Å². The predicted molar refractivity (Wildman–Crippen MR) is 66.9 cm³/mol. The molecule has 0 spiro atoms. The van der Waals surface area contributed by atoms with Crippen LogP contribution in [0.1, 0.15) is 12.8 Å². The van der Waals surface area contributed by atoms with Crippen molar-refractivity contribution in [2.75, 3.05) is 12.3 Å². The van der Waals surface area contributed by atoms with E-state index in [4.69, 9.17) is 11.5 Å². The van der Waals surface area contributed by atoms with Gasteiger partial charge in [0.2, 0.25) is 15.9 Å². The summed E-state index contributed by atoms with van der Waals surface area (Å²) >= 11 is 0. The molecular formula is C11H13F2N3O3S. The first kappa shape index (κ1) is 14.7. The Kier molecular flexibility index (Phi) is 3.65. The maximum absolute atomic E-state index is 13.7. The molecule has 4 N–H and O–H groups in total. The Balaban J connectivity index is 2.53. The number of benzene rings is 1. The van der Waals surface area contributed by atoms with Gasteiger partial charge in [0.15, 0.2) is 11.6 Å². The highest BCUT2D eigenvalue weighted by atomic mass is 32.2. The molecule has 1 atom stereocenters. The molecule has 0 aromatic heterocycles. The van der Waals surface area contributed by atoms with Crippen LogP contribution in [0.4, 0.5) is 14.5 Å². The van der Waals surface area contributed by atoms with E-state index in [1.54, 1.807) is 0 Å². The van der Waals surface area contributed by atoms with Crippen LogP contribution in [0.3, 0.4) is 0 Å². The Hall–Kier alpha value is -1.74. The minimum absolute atomic E-state index is 0.0196. The summed E-state index contributed by atoms with van der Waals surface area (Å²) in [7, 11) is -4.37. The molecule has 1 aliphatic heterocycles. The van der Waals surface area contributed by atoms with Crippen LogP contribution < -0.4 is 11.5 Å². The maximum atomic E-state index is 13.7. The van der Waals surface area contributed by atoms with Crippen LogP contribution in [0.15, 0.2) is 17.0 Å². The summed E-state index contributed by atoms with van der Waals surface area (Å²) in [6, 6.07) is 0.456. The smallest absolute Gasteiger partial charge is 0.246 e. The highest BCUT2D eigenvalue weighted by Gasteiger charge is 2.40. The maximum Gasteiger partial charge on any atom is 0.246 e. The van der Waals surface area contributed by atoms with Crippen LogP contribution in [-0.4, -0.2) is 31.2 Å². The van der Waals surface area contributed by atoms with Gasteiger partial charge in [0, 0.05) is 12.2 Å². The number of rotatable bonds is 3. The van der Waals surface area contributed by atoms with Gasteiger partial charge in [-0.1, -0.05) is 0 Å². The Morgan fingerprint density at radius 3 is 2.60 bits per heavy atom. The number of amides is 1. The average Bonchev–Trinajstić information content (AvgIpc) is 2.83. The van der Waals surface area contributed by atoms with Crippen molar-refractivity contribution in [1.29, 1.82) is 0 Å². The number of nitrogens with zero attached hydrogens (tertiary/aromatic N) is 1. The molecule has 1 unspecified atom stereocenters. The van der Waals surface area contributed by atoms with Crippen LogP contribution in [0.2, 0.25) is 0 Å². The molecule has 1 fully saturated rings.